The van der Waals surface area contributed by atoms with E-state index in [4.69, 9.17) is 9.47 Å². The number of anilines is 1. The number of hydrogen-bond donors (Lipinski definition) is 1. The van der Waals surface area contributed by atoms with Gasteiger partial charge in [-0.25, -0.2) is 14.8 Å². The average Bonchev–Trinajstić information content (AvgIpc) is 3.47. The minimum Gasteiger partial charge on any atom is -0.497 e. The Balaban J connectivity index is 1.87. The molecule has 25 heavy (non-hydrogen) atoms. The zero-order valence-electron chi connectivity index (χ0n) is 14.8. The summed E-state index contributed by atoms with van der Waals surface area (Å²) in [6.45, 7) is 4.11. The first-order valence-electron chi connectivity index (χ1n) is 8.57. The molecule has 0 aliphatic heterocycles. The molecule has 1 N–H and O–H groups in total. The van der Waals surface area contributed by atoms with Crippen LogP contribution in [0.15, 0.2) is 30.5 Å². The Labute approximate surface area is 147 Å². The Morgan fingerprint density at radius 3 is 2.88 bits per heavy atom. The smallest absolute Gasteiger partial charge is 0.343 e. The lowest BCUT2D eigenvalue weighted by Gasteiger charge is -2.18. The second-order valence-corrected chi connectivity index (χ2v) is 6.13. The lowest BCUT2D eigenvalue weighted by atomic mass is 10.1. The molecule has 1 aromatic heterocycles. The molecule has 1 fully saturated rings. The lowest BCUT2D eigenvalue weighted by Crippen LogP contribution is -2.16. The van der Waals surface area contributed by atoms with Gasteiger partial charge in [-0.2, -0.15) is 0 Å². The van der Waals surface area contributed by atoms with Crippen molar-refractivity contribution < 1.29 is 14.3 Å². The molecule has 3 rings (SSSR count). The number of methoxy groups -OCH3 is 1. The second-order valence-electron chi connectivity index (χ2n) is 6.13. The van der Waals surface area contributed by atoms with Crippen LogP contribution in [0.25, 0.3) is 0 Å². The molecule has 0 radical (unpaired) electrons. The molecule has 1 aromatic carbocycles. The van der Waals surface area contributed by atoms with E-state index in [0.717, 1.165) is 30.0 Å². The van der Waals surface area contributed by atoms with Gasteiger partial charge >= 0.3 is 5.97 Å². The largest absolute Gasteiger partial charge is 0.497 e. The number of nitrogens with zero attached hydrogens (tertiary/aromatic N) is 2. The molecule has 1 saturated carbocycles. The van der Waals surface area contributed by atoms with Gasteiger partial charge in [0.15, 0.2) is 0 Å². The van der Waals surface area contributed by atoms with Gasteiger partial charge in [-0.3, -0.25) is 0 Å². The van der Waals surface area contributed by atoms with Crippen LogP contribution in [-0.4, -0.2) is 29.7 Å². The van der Waals surface area contributed by atoms with E-state index < -0.39 is 5.97 Å². The Morgan fingerprint density at radius 2 is 2.20 bits per heavy atom. The summed E-state index contributed by atoms with van der Waals surface area (Å²) in [5.74, 6) is 2.09. The standard InChI is InChI=1S/C19H23N3O3/c1-4-25-19(23)16-11-20-17(13-8-9-13)22-18(16)21-12(2)14-6-5-7-15(10-14)24-3/h5-7,10-13H,4,8-9H2,1-3H3,(H,20,21,22). The zero-order valence-corrected chi connectivity index (χ0v) is 14.8. The van der Waals surface area contributed by atoms with Gasteiger partial charge in [-0.15, -0.1) is 0 Å². The minimum absolute atomic E-state index is 0.0507. The Bertz CT molecular complexity index is 759. The Morgan fingerprint density at radius 1 is 1.40 bits per heavy atom. The highest BCUT2D eigenvalue weighted by atomic mass is 16.5. The third-order valence-corrected chi connectivity index (χ3v) is 4.19. The molecular formula is C19H23N3O3. The van der Waals surface area contributed by atoms with Gasteiger partial charge in [0.05, 0.1) is 19.8 Å². The third-order valence-electron chi connectivity index (χ3n) is 4.19. The van der Waals surface area contributed by atoms with Crippen molar-refractivity contribution in [3.8, 4) is 5.75 Å². The minimum atomic E-state index is -0.412. The number of hydrogen-bond acceptors (Lipinski definition) is 6. The van der Waals surface area contributed by atoms with Crippen LogP contribution in [0.3, 0.4) is 0 Å². The molecule has 0 bridgehead atoms. The van der Waals surface area contributed by atoms with Crippen molar-refractivity contribution in [3.63, 3.8) is 0 Å². The van der Waals surface area contributed by atoms with E-state index in [1.165, 1.54) is 0 Å². The third kappa shape index (κ3) is 4.07. The number of rotatable bonds is 7. The first-order chi connectivity index (χ1) is 12.1. The van der Waals surface area contributed by atoms with Crippen LogP contribution in [0.5, 0.6) is 5.75 Å². The van der Waals surface area contributed by atoms with E-state index in [1.807, 2.05) is 31.2 Å². The van der Waals surface area contributed by atoms with Crippen LogP contribution < -0.4 is 10.1 Å². The van der Waals surface area contributed by atoms with Gasteiger partial charge in [0.2, 0.25) is 0 Å². The Kier molecular flexibility index (Phi) is 5.16. The summed E-state index contributed by atoms with van der Waals surface area (Å²) >= 11 is 0. The summed E-state index contributed by atoms with van der Waals surface area (Å²) < 4.78 is 10.4. The number of nitrogens with one attached hydrogen (secondary N) is 1. The fraction of sp³-hybridized carbons (Fsp3) is 0.421. The first-order valence-corrected chi connectivity index (χ1v) is 8.57. The second kappa shape index (κ2) is 7.51. The van der Waals surface area contributed by atoms with Gasteiger partial charge in [-0.1, -0.05) is 12.1 Å². The van der Waals surface area contributed by atoms with Gasteiger partial charge < -0.3 is 14.8 Å². The first kappa shape index (κ1) is 17.2. The molecule has 1 heterocycles. The summed E-state index contributed by atoms with van der Waals surface area (Å²) in [5.41, 5.74) is 1.40. The maximum atomic E-state index is 12.2. The van der Waals surface area contributed by atoms with E-state index >= 15 is 0 Å². The number of carbonyl (C=O) groups excluding carboxylic acids is 1. The van der Waals surface area contributed by atoms with Gasteiger partial charge in [-0.05, 0) is 44.4 Å². The highest BCUT2D eigenvalue weighted by molar-refractivity contribution is 5.94. The van der Waals surface area contributed by atoms with Crippen LogP contribution in [0.4, 0.5) is 5.82 Å². The summed E-state index contributed by atoms with van der Waals surface area (Å²) in [6, 6.07) is 7.76. The van der Waals surface area contributed by atoms with Gasteiger partial charge in [0.25, 0.3) is 0 Å². The summed E-state index contributed by atoms with van der Waals surface area (Å²) in [6.07, 6.45) is 3.77. The van der Waals surface area contributed by atoms with Crippen molar-refractivity contribution in [1.82, 2.24) is 9.97 Å². The maximum Gasteiger partial charge on any atom is 0.343 e. The number of aromatic nitrogens is 2. The molecule has 0 saturated heterocycles. The molecule has 6 nitrogen and oxygen atoms in total. The van der Waals surface area contributed by atoms with E-state index in [0.29, 0.717) is 23.9 Å². The lowest BCUT2D eigenvalue weighted by molar-refractivity contribution is 0.0526. The van der Waals surface area contributed by atoms with E-state index in [2.05, 4.69) is 15.3 Å². The fourth-order valence-electron chi connectivity index (χ4n) is 2.60. The highest BCUT2D eigenvalue weighted by Gasteiger charge is 2.28. The summed E-state index contributed by atoms with van der Waals surface area (Å²) in [4.78, 5) is 21.2. The van der Waals surface area contributed by atoms with Crippen LogP contribution in [-0.2, 0) is 4.74 Å². The maximum absolute atomic E-state index is 12.2. The molecule has 0 amide bonds. The predicted octanol–water partition coefficient (Wildman–Crippen LogP) is 3.71. The molecular weight excluding hydrogens is 318 g/mol. The topological polar surface area (TPSA) is 73.3 Å². The molecule has 1 unspecified atom stereocenters. The Hall–Kier alpha value is -2.63. The van der Waals surface area contributed by atoms with Crippen molar-refractivity contribution in [3.05, 3.63) is 47.4 Å². The molecule has 1 aliphatic rings. The van der Waals surface area contributed by atoms with Crippen LogP contribution in [0.1, 0.15) is 60.4 Å². The molecule has 0 spiro atoms. The normalized spacial score (nSPS) is 14.7. The van der Waals surface area contributed by atoms with Crippen molar-refractivity contribution in [2.45, 2.75) is 38.6 Å². The van der Waals surface area contributed by atoms with Crippen LogP contribution in [0, 0.1) is 0 Å². The van der Waals surface area contributed by atoms with Gasteiger partial charge in [0, 0.05) is 12.1 Å². The summed E-state index contributed by atoms with van der Waals surface area (Å²) in [7, 11) is 1.64. The van der Waals surface area contributed by atoms with E-state index in [-0.39, 0.29) is 6.04 Å². The number of esters is 1. The zero-order chi connectivity index (χ0) is 17.8. The van der Waals surface area contributed by atoms with Crippen molar-refractivity contribution in [2.24, 2.45) is 0 Å². The van der Waals surface area contributed by atoms with E-state index in [9.17, 15) is 4.79 Å². The van der Waals surface area contributed by atoms with Gasteiger partial charge in [0.1, 0.15) is 23.0 Å². The monoisotopic (exact) mass is 341 g/mol. The molecule has 6 heteroatoms. The molecule has 2 aromatic rings. The number of benzene rings is 1. The molecule has 132 valence electrons. The summed E-state index contributed by atoms with van der Waals surface area (Å²) in [5, 5.41) is 3.33. The van der Waals surface area contributed by atoms with Crippen molar-refractivity contribution in [1.29, 1.82) is 0 Å². The average molecular weight is 341 g/mol. The number of carbonyl (C=O) groups is 1. The highest BCUT2D eigenvalue weighted by Crippen LogP contribution is 2.38. The van der Waals surface area contributed by atoms with Crippen LogP contribution in [0.2, 0.25) is 0 Å². The predicted molar refractivity (Wildman–Crippen MR) is 95.0 cm³/mol. The van der Waals surface area contributed by atoms with E-state index in [1.54, 1.807) is 20.2 Å². The quantitative estimate of drug-likeness (QED) is 0.774. The molecule has 1 aliphatic carbocycles. The SMILES string of the molecule is CCOC(=O)c1cnc(C2CC2)nc1NC(C)c1cccc(OC)c1. The molecule has 1 atom stereocenters. The fourth-order valence-corrected chi connectivity index (χ4v) is 2.60. The number of ether oxygens (including phenoxy) is 2. The van der Waals surface area contributed by atoms with Crippen LogP contribution >= 0.6 is 0 Å². The van der Waals surface area contributed by atoms with Crippen molar-refractivity contribution >= 4 is 11.8 Å². The van der Waals surface area contributed by atoms with Crippen molar-refractivity contribution in [2.75, 3.05) is 19.0 Å².